The van der Waals surface area contributed by atoms with E-state index in [1.165, 1.54) is 19.4 Å². The molecule has 0 atom stereocenters. The number of ether oxygens (including phenoxy) is 1. The molecule has 0 aromatic heterocycles. The number of hydrogen-bond acceptors (Lipinski definition) is 4. The summed E-state index contributed by atoms with van der Waals surface area (Å²) in [5, 5.41) is 9.81. The fourth-order valence-electron chi connectivity index (χ4n) is 3.92. The van der Waals surface area contributed by atoms with Crippen molar-refractivity contribution in [1.29, 1.82) is 5.26 Å². The molecule has 0 radical (unpaired) electrons. The molecule has 6 heteroatoms. The third kappa shape index (κ3) is 5.76. The largest absolute Gasteiger partial charge is 0.490 e. The predicted octanol–water partition coefficient (Wildman–Crippen LogP) is 4.46. The van der Waals surface area contributed by atoms with E-state index in [2.05, 4.69) is 15.9 Å². The molecule has 0 aliphatic carbocycles. The van der Waals surface area contributed by atoms with Crippen LogP contribution >= 0.6 is 23.2 Å². The molecule has 2 saturated heterocycles. The van der Waals surface area contributed by atoms with Crippen LogP contribution in [0, 0.1) is 17.2 Å². The van der Waals surface area contributed by atoms with E-state index in [1.807, 2.05) is 6.07 Å². The summed E-state index contributed by atoms with van der Waals surface area (Å²) in [7, 11) is 0. The zero-order valence-electron chi connectivity index (χ0n) is 15.2. The Bertz CT molecular complexity index is 618. The highest BCUT2D eigenvalue weighted by molar-refractivity contribution is 6.42. The summed E-state index contributed by atoms with van der Waals surface area (Å²) in [6, 6.07) is 7.72. The standard InChI is InChI=1S/C20H27Cl2N3O/c21-19-3-2-18(14-20(19)22)26-17-6-12-25(13-7-17)15-16-4-10-24(11-5-16)9-1-8-23/h2-3,14,16-17H,1,4-7,9-13,15H2. The van der Waals surface area contributed by atoms with Crippen molar-refractivity contribution in [3.8, 4) is 11.8 Å². The fourth-order valence-corrected chi connectivity index (χ4v) is 4.21. The summed E-state index contributed by atoms with van der Waals surface area (Å²) in [4.78, 5) is 5.02. The summed E-state index contributed by atoms with van der Waals surface area (Å²) >= 11 is 12.0. The SMILES string of the molecule is N#CCCN1CCC(CN2CCC(Oc3ccc(Cl)c(Cl)c3)CC2)CC1. The monoisotopic (exact) mass is 395 g/mol. The normalized spacial score (nSPS) is 20.8. The lowest BCUT2D eigenvalue weighted by Crippen LogP contribution is -2.43. The van der Waals surface area contributed by atoms with Gasteiger partial charge in [0.2, 0.25) is 0 Å². The maximum absolute atomic E-state index is 8.70. The van der Waals surface area contributed by atoms with Gasteiger partial charge in [0, 0.05) is 38.7 Å². The van der Waals surface area contributed by atoms with Crippen molar-refractivity contribution < 1.29 is 4.74 Å². The maximum Gasteiger partial charge on any atom is 0.121 e. The van der Waals surface area contributed by atoms with Gasteiger partial charge in [0.25, 0.3) is 0 Å². The van der Waals surface area contributed by atoms with Crippen LogP contribution in [0.4, 0.5) is 0 Å². The van der Waals surface area contributed by atoms with Gasteiger partial charge in [0.15, 0.2) is 0 Å². The molecule has 142 valence electrons. The molecule has 0 spiro atoms. The van der Waals surface area contributed by atoms with Crippen LogP contribution in [-0.2, 0) is 0 Å². The summed E-state index contributed by atoms with van der Waals surface area (Å²) in [6.45, 7) is 6.61. The zero-order chi connectivity index (χ0) is 18.4. The molecule has 2 heterocycles. The first-order valence-electron chi connectivity index (χ1n) is 9.57. The highest BCUT2D eigenvalue weighted by Gasteiger charge is 2.25. The average molecular weight is 396 g/mol. The van der Waals surface area contributed by atoms with E-state index in [9.17, 15) is 0 Å². The van der Waals surface area contributed by atoms with E-state index >= 15 is 0 Å². The fraction of sp³-hybridized carbons (Fsp3) is 0.650. The van der Waals surface area contributed by atoms with E-state index in [1.54, 1.807) is 12.1 Å². The van der Waals surface area contributed by atoms with E-state index < -0.39 is 0 Å². The molecule has 2 aliphatic heterocycles. The Morgan fingerprint density at radius 1 is 1.00 bits per heavy atom. The van der Waals surface area contributed by atoms with Crippen LogP contribution in [0.5, 0.6) is 5.75 Å². The van der Waals surface area contributed by atoms with Crippen LogP contribution in [-0.4, -0.2) is 55.2 Å². The highest BCUT2D eigenvalue weighted by Crippen LogP contribution is 2.28. The van der Waals surface area contributed by atoms with E-state index in [0.717, 1.165) is 57.2 Å². The molecule has 26 heavy (non-hydrogen) atoms. The Kier molecular flexibility index (Phi) is 7.45. The Hall–Kier alpha value is -0.990. The van der Waals surface area contributed by atoms with Gasteiger partial charge in [-0.1, -0.05) is 23.2 Å². The lowest BCUT2D eigenvalue weighted by Gasteiger charge is -2.37. The van der Waals surface area contributed by atoms with Gasteiger partial charge in [-0.15, -0.1) is 0 Å². The summed E-state index contributed by atoms with van der Waals surface area (Å²) in [5.41, 5.74) is 0. The van der Waals surface area contributed by atoms with Gasteiger partial charge in [-0.25, -0.2) is 0 Å². The topological polar surface area (TPSA) is 39.5 Å². The Morgan fingerprint density at radius 3 is 2.35 bits per heavy atom. The molecule has 4 nitrogen and oxygen atoms in total. The first-order valence-corrected chi connectivity index (χ1v) is 10.3. The quantitative estimate of drug-likeness (QED) is 0.712. The molecule has 0 unspecified atom stereocenters. The first kappa shape index (κ1) is 19.8. The minimum absolute atomic E-state index is 0.260. The van der Waals surface area contributed by atoms with Crippen molar-refractivity contribution in [1.82, 2.24) is 9.80 Å². The van der Waals surface area contributed by atoms with Gasteiger partial charge >= 0.3 is 0 Å². The average Bonchev–Trinajstić information content (AvgIpc) is 2.66. The molecule has 0 amide bonds. The molecule has 2 fully saturated rings. The second-order valence-electron chi connectivity index (χ2n) is 7.39. The van der Waals surface area contributed by atoms with Crippen molar-refractivity contribution in [3.63, 3.8) is 0 Å². The minimum atomic E-state index is 0.260. The maximum atomic E-state index is 8.70. The molecule has 1 aromatic carbocycles. The second-order valence-corrected chi connectivity index (χ2v) is 8.20. The second kappa shape index (κ2) is 9.80. The number of nitriles is 1. The Morgan fingerprint density at radius 2 is 1.69 bits per heavy atom. The van der Waals surface area contributed by atoms with Gasteiger partial charge in [-0.05, 0) is 56.8 Å². The molecular weight excluding hydrogens is 369 g/mol. The molecule has 3 rings (SSSR count). The minimum Gasteiger partial charge on any atom is -0.490 e. The lowest BCUT2D eigenvalue weighted by atomic mass is 9.95. The van der Waals surface area contributed by atoms with Crippen LogP contribution in [0.2, 0.25) is 10.0 Å². The van der Waals surface area contributed by atoms with E-state index in [0.29, 0.717) is 16.5 Å². The van der Waals surface area contributed by atoms with Crippen LogP contribution in [0.15, 0.2) is 18.2 Å². The van der Waals surface area contributed by atoms with E-state index in [-0.39, 0.29) is 6.10 Å². The predicted molar refractivity (Wildman–Crippen MR) is 106 cm³/mol. The van der Waals surface area contributed by atoms with Crippen LogP contribution in [0.1, 0.15) is 32.1 Å². The van der Waals surface area contributed by atoms with Gasteiger partial charge < -0.3 is 14.5 Å². The van der Waals surface area contributed by atoms with Crippen molar-refractivity contribution in [2.45, 2.75) is 38.2 Å². The number of benzene rings is 1. The number of halogens is 2. The van der Waals surface area contributed by atoms with Crippen molar-refractivity contribution in [3.05, 3.63) is 28.2 Å². The van der Waals surface area contributed by atoms with Gasteiger partial charge in [-0.3, -0.25) is 0 Å². The summed E-state index contributed by atoms with van der Waals surface area (Å²) in [5.74, 6) is 1.60. The molecule has 2 aliphatic rings. The Labute approximate surface area is 166 Å². The van der Waals surface area contributed by atoms with Crippen LogP contribution in [0.25, 0.3) is 0 Å². The third-order valence-electron chi connectivity index (χ3n) is 5.49. The summed E-state index contributed by atoms with van der Waals surface area (Å²) < 4.78 is 6.08. The van der Waals surface area contributed by atoms with E-state index in [4.69, 9.17) is 33.2 Å². The zero-order valence-corrected chi connectivity index (χ0v) is 16.7. The van der Waals surface area contributed by atoms with Gasteiger partial charge in [0.1, 0.15) is 11.9 Å². The van der Waals surface area contributed by atoms with Crippen LogP contribution < -0.4 is 4.74 Å². The lowest BCUT2D eigenvalue weighted by molar-refractivity contribution is 0.0785. The number of nitrogens with zero attached hydrogens (tertiary/aromatic N) is 3. The van der Waals surface area contributed by atoms with Crippen molar-refractivity contribution >= 4 is 23.2 Å². The number of piperidine rings is 2. The van der Waals surface area contributed by atoms with Gasteiger partial charge in [-0.2, -0.15) is 5.26 Å². The molecule has 0 bridgehead atoms. The van der Waals surface area contributed by atoms with Crippen molar-refractivity contribution in [2.75, 3.05) is 39.3 Å². The summed E-state index contributed by atoms with van der Waals surface area (Å²) in [6.07, 6.45) is 5.53. The highest BCUT2D eigenvalue weighted by atomic mass is 35.5. The number of hydrogen-bond donors (Lipinski definition) is 0. The smallest absolute Gasteiger partial charge is 0.121 e. The Balaban J connectivity index is 1.36. The molecule has 0 saturated carbocycles. The third-order valence-corrected chi connectivity index (χ3v) is 6.23. The van der Waals surface area contributed by atoms with Gasteiger partial charge in [0.05, 0.1) is 16.1 Å². The molecular formula is C20H27Cl2N3O. The first-order chi connectivity index (χ1) is 12.6. The number of rotatable bonds is 6. The molecule has 0 N–H and O–H groups in total. The molecule has 1 aromatic rings. The number of likely N-dealkylation sites (tertiary alicyclic amines) is 2. The van der Waals surface area contributed by atoms with Crippen molar-refractivity contribution in [2.24, 2.45) is 5.92 Å². The van der Waals surface area contributed by atoms with Crippen LogP contribution in [0.3, 0.4) is 0 Å².